The van der Waals surface area contributed by atoms with Gasteiger partial charge in [-0.1, -0.05) is 45.0 Å². The molecule has 2 heterocycles. The fourth-order valence-corrected chi connectivity index (χ4v) is 5.81. The van der Waals surface area contributed by atoms with E-state index in [1.165, 1.54) is 0 Å². The number of nitrogens with zero attached hydrogens (tertiary/aromatic N) is 1. The van der Waals surface area contributed by atoms with Gasteiger partial charge in [0, 0.05) is 13.2 Å². The summed E-state index contributed by atoms with van der Waals surface area (Å²) in [4.78, 5) is 14.8. The second-order valence-electron chi connectivity index (χ2n) is 12.7. The van der Waals surface area contributed by atoms with Crippen molar-refractivity contribution in [3.05, 3.63) is 35.4 Å². The molecule has 8 heteroatoms. The third-order valence-electron chi connectivity index (χ3n) is 7.43. The second-order valence-corrected chi connectivity index (χ2v) is 17.5. The normalized spacial score (nSPS) is 24.6. The Kier molecular flexibility index (Phi) is 9.31. The molecule has 3 rings (SSSR count). The lowest BCUT2D eigenvalue weighted by atomic mass is 9.98. The highest BCUT2D eigenvalue weighted by Crippen LogP contribution is 2.40. The molecule has 2 fully saturated rings. The van der Waals surface area contributed by atoms with Gasteiger partial charge in [0.1, 0.15) is 5.60 Å². The van der Waals surface area contributed by atoms with Crippen LogP contribution in [0.2, 0.25) is 18.1 Å². The molecule has 1 N–H and O–H groups in total. The highest BCUT2D eigenvalue weighted by molar-refractivity contribution is 6.74. The van der Waals surface area contributed by atoms with Crippen LogP contribution < -0.4 is 0 Å². The maximum absolute atomic E-state index is 13.2. The molecule has 2 unspecified atom stereocenters. The third-order valence-corrected chi connectivity index (χ3v) is 12.0. The van der Waals surface area contributed by atoms with E-state index in [4.69, 9.17) is 18.6 Å². The molecule has 0 spiro atoms. The minimum absolute atomic E-state index is 0.0524. The lowest BCUT2D eigenvalue weighted by molar-refractivity contribution is -0.168. The summed E-state index contributed by atoms with van der Waals surface area (Å²) in [6, 6.07) is 7.34. The van der Waals surface area contributed by atoms with Crippen molar-refractivity contribution < 1.29 is 28.5 Å². The van der Waals surface area contributed by atoms with Crippen LogP contribution in [0, 0.1) is 0 Å². The van der Waals surface area contributed by atoms with E-state index >= 15 is 0 Å². The van der Waals surface area contributed by atoms with Crippen molar-refractivity contribution in [2.24, 2.45) is 0 Å². The number of likely N-dealkylation sites (tertiary alicyclic amines) is 1. The molecular weight excluding hydrogens is 474 g/mol. The molecular formula is C28H47NO6Si. The molecule has 204 valence electrons. The molecule has 2 aliphatic rings. The summed E-state index contributed by atoms with van der Waals surface area (Å²) in [6.07, 6.45) is 2.07. The zero-order valence-corrected chi connectivity index (χ0v) is 24.5. The molecule has 36 heavy (non-hydrogen) atoms. The summed E-state index contributed by atoms with van der Waals surface area (Å²) >= 11 is 0. The zero-order chi connectivity index (χ0) is 26.7. The van der Waals surface area contributed by atoms with Gasteiger partial charge in [-0.05, 0) is 75.7 Å². The average Bonchev–Trinajstić information content (AvgIpc) is 3.19. The number of carbonyl (C=O) groups excluding carboxylic acids is 1. The van der Waals surface area contributed by atoms with Gasteiger partial charge in [-0.3, -0.25) is 4.90 Å². The van der Waals surface area contributed by atoms with Crippen LogP contribution in [0.4, 0.5) is 4.79 Å². The molecule has 2 saturated heterocycles. The number of hydrogen-bond donors (Lipinski definition) is 1. The second kappa shape index (κ2) is 11.5. The van der Waals surface area contributed by atoms with E-state index in [0.29, 0.717) is 19.6 Å². The van der Waals surface area contributed by atoms with Crippen LogP contribution in [0.3, 0.4) is 0 Å². The highest BCUT2D eigenvalue weighted by Gasteiger charge is 2.46. The lowest BCUT2D eigenvalue weighted by Crippen LogP contribution is -2.45. The van der Waals surface area contributed by atoms with E-state index in [1.54, 1.807) is 4.90 Å². The Balaban J connectivity index is 1.76. The SMILES string of the molecule is CC(C)(C)OC(=O)N1C[C@H](O[Si](C)(C)C(C)(C)C)C[C@H]1C(O)c1cccc(COC2CCCCO2)c1. The van der Waals surface area contributed by atoms with Gasteiger partial charge >= 0.3 is 6.09 Å². The van der Waals surface area contributed by atoms with Crippen LogP contribution in [0.15, 0.2) is 24.3 Å². The summed E-state index contributed by atoms with van der Waals surface area (Å²) < 4.78 is 24.0. The van der Waals surface area contributed by atoms with Crippen molar-refractivity contribution >= 4 is 14.4 Å². The number of aliphatic hydroxyl groups excluding tert-OH is 1. The van der Waals surface area contributed by atoms with Crippen LogP contribution in [0.25, 0.3) is 0 Å². The standard InChI is InChI=1S/C28H47NO6Si/c1-27(2,3)34-26(31)29-18-22(35-36(7,8)28(4,5)6)17-23(29)25(30)21-13-11-12-20(16-21)19-33-24-14-9-10-15-32-24/h11-13,16,22-25,30H,9-10,14-15,17-19H2,1-8H3/t22-,23+,24?,25?/m1/s1. The van der Waals surface area contributed by atoms with E-state index in [-0.39, 0.29) is 17.4 Å². The number of hydrogen-bond acceptors (Lipinski definition) is 6. The quantitative estimate of drug-likeness (QED) is 0.433. The molecule has 2 aliphatic heterocycles. The molecule has 0 aliphatic carbocycles. The van der Waals surface area contributed by atoms with E-state index < -0.39 is 32.2 Å². The molecule has 0 aromatic heterocycles. The summed E-state index contributed by atoms with van der Waals surface area (Å²) in [5, 5.41) is 11.5. The van der Waals surface area contributed by atoms with Gasteiger partial charge in [0.05, 0.1) is 24.9 Å². The van der Waals surface area contributed by atoms with Crippen LogP contribution in [-0.2, 0) is 25.2 Å². The minimum atomic E-state index is -2.05. The molecule has 1 aromatic carbocycles. The Labute approximate surface area is 218 Å². The monoisotopic (exact) mass is 521 g/mol. The molecule has 7 nitrogen and oxygen atoms in total. The average molecular weight is 522 g/mol. The summed E-state index contributed by atoms with van der Waals surface area (Å²) in [5.74, 6) is 0. The fourth-order valence-electron chi connectivity index (χ4n) is 4.46. The largest absolute Gasteiger partial charge is 0.444 e. The Hall–Kier alpha value is -1.45. The minimum Gasteiger partial charge on any atom is -0.444 e. The van der Waals surface area contributed by atoms with Gasteiger partial charge in [-0.25, -0.2) is 4.79 Å². The van der Waals surface area contributed by atoms with E-state index in [0.717, 1.165) is 37.0 Å². The van der Waals surface area contributed by atoms with E-state index in [2.05, 4.69) is 33.9 Å². The van der Waals surface area contributed by atoms with Crippen LogP contribution >= 0.6 is 0 Å². The van der Waals surface area contributed by atoms with Crippen LogP contribution in [0.1, 0.15) is 84.5 Å². The third kappa shape index (κ3) is 7.77. The fraction of sp³-hybridized carbons (Fsp3) is 0.750. The summed E-state index contributed by atoms with van der Waals surface area (Å²) in [5.41, 5.74) is 1.10. The maximum Gasteiger partial charge on any atom is 0.410 e. The van der Waals surface area contributed by atoms with E-state index in [9.17, 15) is 9.90 Å². The maximum atomic E-state index is 13.2. The predicted octanol–water partition coefficient (Wildman–Crippen LogP) is 6.16. The van der Waals surface area contributed by atoms with Crippen molar-refractivity contribution in [1.29, 1.82) is 0 Å². The Morgan fingerprint density at radius 1 is 1.19 bits per heavy atom. The molecule has 0 saturated carbocycles. The highest BCUT2D eigenvalue weighted by atomic mass is 28.4. The van der Waals surface area contributed by atoms with Gasteiger partial charge in [-0.15, -0.1) is 0 Å². The number of benzene rings is 1. The number of rotatable bonds is 7. The van der Waals surface area contributed by atoms with Crippen molar-refractivity contribution in [1.82, 2.24) is 4.90 Å². The Morgan fingerprint density at radius 3 is 2.53 bits per heavy atom. The van der Waals surface area contributed by atoms with Gasteiger partial charge in [0.2, 0.25) is 0 Å². The van der Waals surface area contributed by atoms with Crippen molar-refractivity contribution in [3.8, 4) is 0 Å². The number of ether oxygens (including phenoxy) is 3. The molecule has 1 amide bonds. The molecule has 0 radical (unpaired) electrons. The first-order chi connectivity index (χ1) is 16.7. The molecule has 4 atom stereocenters. The topological polar surface area (TPSA) is 77.5 Å². The van der Waals surface area contributed by atoms with Gasteiger partial charge in [0.25, 0.3) is 0 Å². The van der Waals surface area contributed by atoms with Gasteiger partial charge < -0.3 is 23.7 Å². The Bertz CT molecular complexity index is 872. The van der Waals surface area contributed by atoms with Crippen molar-refractivity contribution in [2.45, 2.75) is 122 Å². The molecule has 0 bridgehead atoms. The first kappa shape index (κ1) is 29.1. The van der Waals surface area contributed by atoms with Crippen molar-refractivity contribution in [2.75, 3.05) is 13.2 Å². The summed E-state index contributed by atoms with van der Waals surface area (Å²) in [6.45, 7) is 18.2. The summed E-state index contributed by atoms with van der Waals surface area (Å²) in [7, 11) is -2.05. The van der Waals surface area contributed by atoms with Crippen molar-refractivity contribution in [3.63, 3.8) is 0 Å². The lowest BCUT2D eigenvalue weighted by Gasteiger charge is -2.38. The molecule has 1 aromatic rings. The van der Waals surface area contributed by atoms with Gasteiger partial charge in [-0.2, -0.15) is 0 Å². The number of amides is 1. The zero-order valence-electron chi connectivity index (χ0n) is 23.5. The van der Waals surface area contributed by atoms with Crippen LogP contribution in [0.5, 0.6) is 0 Å². The Morgan fingerprint density at radius 2 is 1.92 bits per heavy atom. The first-order valence-corrected chi connectivity index (χ1v) is 16.2. The van der Waals surface area contributed by atoms with Crippen LogP contribution in [-0.4, -0.2) is 61.6 Å². The predicted molar refractivity (Wildman–Crippen MR) is 143 cm³/mol. The smallest absolute Gasteiger partial charge is 0.410 e. The number of carbonyl (C=O) groups is 1. The van der Waals surface area contributed by atoms with Gasteiger partial charge in [0.15, 0.2) is 14.6 Å². The van der Waals surface area contributed by atoms with E-state index in [1.807, 2.05) is 45.0 Å². The number of aliphatic hydroxyl groups is 1. The first-order valence-electron chi connectivity index (χ1n) is 13.3.